The summed E-state index contributed by atoms with van der Waals surface area (Å²) >= 11 is 0. The largest absolute Gasteiger partial charge is 0.381 e. The maximum Gasteiger partial charge on any atom is 0.239 e. The van der Waals surface area contributed by atoms with Crippen LogP contribution in [-0.4, -0.2) is 23.5 Å². The fraction of sp³-hybridized carbons (Fsp3) is 0.455. The SMILES string of the molecule is CCC(C)Nc1ccc(NC(=O)CN)nc1. The van der Waals surface area contributed by atoms with Gasteiger partial charge in [-0.1, -0.05) is 6.92 Å². The predicted octanol–water partition coefficient (Wildman–Crippen LogP) is 1.19. The molecule has 0 aliphatic rings. The van der Waals surface area contributed by atoms with Crippen LogP contribution >= 0.6 is 0 Å². The molecule has 1 atom stereocenters. The van der Waals surface area contributed by atoms with Crippen molar-refractivity contribution in [3.8, 4) is 0 Å². The van der Waals surface area contributed by atoms with E-state index >= 15 is 0 Å². The van der Waals surface area contributed by atoms with Crippen LogP contribution in [0.4, 0.5) is 11.5 Å². The Bertz CT molecular complexity index is 336. The highest BCUT2D eigenvalue weighted by Gasteiger charge is 2.02. The number of pyridine rings is 1. The molecule has 1 unspecified atom stereocenters. The molecule has 0 spiro atoms. The van der Waals surface area contributed by atoms with Crippen molar-refractivity contribution >= 4 is 17.4 Å². The third-order valence-electron chi connectivity index (χ3n) is 2.24. The molecule has 0 saturated heterocycles. The molecule has 5 nitrogen and oxygen atoms in total. The molecule has 1 aromatic heterocycles. The van der Waals surface area contributed by atoms with E-state index in [1.165, 1.54) is 0 Å². The molecule has 0 aliphatic heterocycles. The van der Waals surface area contributed by atoms with E-state index in [1.807, 2.05) is 6.07 Å². The highest BCUT2D eigenvalue weighted by molar-refractivity contribution is 5.91. The number of nitrogens with zero attached hydrogens (tertiary/aromatic N) is 1. The number of carbonyl (C=O) groups excluding carboxylic acids is 1. The molecule has 16 heavy (non-hydrogen) atoms. The van der Waals surface area contributed by atoms with E-state index in [2.05, 4.69) is 29.5 Å². The highest BCUT2D eigenvalue weighted by atomic mass is 16.1. The topological polar surface area (TPSA) is 80.0 Å². The van der Waals surface area contributed by atoms with Gasteiger partial charge in [-0.2, -0.15) is 0 Å². The third-order valence-corrected chi connectivity index (χ3v) is 2.24. The maximum atomic E-state index is 11.0. The van der Waals surface area contributed by atoms with Gasteiger partial charge < -0.3 is 16.4 Å². The van der Waals surface area contributed by atoms with Crippen molar-refractivity contribution in [2.45, 2.75) is 26.3 Å². The van der Waals surface area contributed by atoms with Gasteiger partial charge in [0.2, 0.25) is 5.91 Å². The number of amides is 1. The molecule has 5 heteroatoms. The molecule has 0 radical (unpaired) electrons. The van der Waals surface area contributed by atoms with Crippen LogP contribution in [0.25, 0.3) is 0 Å². The molecule has 1 rings (SSSR count). The molecular formula is C11H18N4O. The van der Waals surface area contributed by atoms with Crippen molar-refractivity contribution in [3.63, 3.8) is 0 Å². The first-order valence-electron chi connectivity index (χ1n) is 5.38. The minimum Gasteiger partial charge on any atom is -0.381 e. The molecule has 1 aromatic rings. The van der Waals surface area contributed by atoms with Crippen molar-refractivity contribution in [2.75, 3.05) is 17.2 Å². The van der Waals surface area contributed by atoms with E-state index in [0.717, 1.165) is 12.1 Å². The lowest BCUT2D eigenvalue weighted by Gasteiger charge is -2.12. The van der Waals surface area contributed by atoms with Crippen molar-refractivity contribution in [1.82, 2.24) is 4.98 Å². The van der Waals surface area contributed by atoms with E-state index in [9.17, 15) is 4.79 Å². The zero-order valence-corrected chi connectivity index (χ0v) is 9.66. The average Bonchev–Trinajstić information content (AvgIpc) is 2.31. The van der Waals surface area contributed by atoms with Crippen LogP contribution in [-0.2, 0) is 4.79 Å². The molecule has 88 valence electrons. The second-order valence-electron chi connectivity index (χ2n) is 3.64. The molecule has 1 heterocycles. The van der Waals surface area contributed by atoms with E-state index < -0.39 is 0 Å². The number of carbonyl (C=O) groups is 1. The third kappa shape index (κ3) is 3.86. The van der Waals surface area contributed by atoms with Crippen molar-refractivity contribution in [2.24, 2.45) is 5.73 Å². The first kappa shape index (κ1) is 12.4. The van der Waals surface area contributed by atoms with Crippen LogP contribution in [0.3, 0.4) is 0 Å². The standard InChI is InChI=1S/C11H18N4O/c1-3-8(2)14-9-4-5-10(13-7-9)15-11(16)6-12/h4-5,7-8,14H,3,6,12H2,1-2H3,(H,13,15,16). The number of anilines is 2. The minimum absolute atomic E-state index is 0.0332. The van der Waals surface area contributed by atoms with Gasteiger partial charge in [0.05, 0.1) is 18.4 Å². The molecular weight excluding hydrogens is 204 g/mol. The Kier molecular flexibility index (Phi) is 4.72. The number of hydrogen-bond acceptors (Lipinski definition) is 4. The number of nitrogens with two attached hydrogens (primary N) is 1. The van der Waals surface area contributed by atoms with E-state index in [0.29, 0.717) is 11.9 Å². The summed E-state index contributed by atoms with van der Waals surface area (Å²) in [6.45, 7) is 4.18. The van der Waals surface area contributed by atoms with E-state index in [-0.39, 0.29) is 12.5 Å². The summed E-state index contributed by atoms with van der Waals surface area (Å²) in [6, 6.07) is 4.04. The van der Waals surface area contributed by atoms with Crippen LogP contribution in [0.2, 0.25) is 0 Å². The van der Waals surface area contributed by atoms with Gasteiger partial charge in [-0.15, -0.1) is 0 Å². The first-order valence-corrected chi connectivity index (χ1v) is 5.38. The zero-order chi connectivity index (χ0) is 12.0. The van der Waals surface area contributed by atoms with Gasteiger partial charge in [0.15, 0.2) is 0 Å². The summed E-state index contributed by atoms with van der Waals surface area (Å²) in [5.74, 6) is 0.278. The Hall–Kier alpha value is -1.62. The summed E-state index contributed by atoms with van der Waals surface area (Å²) in [5.41, 5.74) is 6.13. The van der Waals surface area contributed by atoms with Gasteiger partial charge in [-0.05, 0) is 25.5 Å². The van der Waals surface area contributed by atoms with Gasteiger partial charge in [0.25, 0.3) is 0 Å². The monoisotopic (exact) mass is 222 g/mol. The first-order chi connectivity index (χ1) is 7.65. The molecule has 0 saturated carbocycles. The second-order valence-corrected chi connectivity index (χ2v) is 3.64. The van der Waals surface area contributed by atoms with Crippen LogP contribution < -0.4 is 16.4 Å². The summed E-state index contributed by atoms with van der Waals surface area (Å²) in [5, 5.41) is 5.87. The van der Waals surface area contributed by atoms with Crippen LogP contribution in [0.5, 0.6) is 0 Å². The van der Waals surface area contributed by atoms with Crippen molar-refractivity contribution in [1.29, 1.82) is 0 Å². The summed E-state index contributed by atoms with van der Waals surface area (Å²) in [7, 11) is 0. The Morgan fingerprint density at radius 3 is 2.81 bits per heavy atom. The van der Waals surface area contributed by atoms with Crippen LogP contribution in [0, 0.1) is 0 Å². The van der Waals surface area contributed by atoms with Crippen LogP contribution in [0.1, 0.15) is 20.3 Å². The molecule has 4 N–H and O–H groups in total. The van der Waals surface area contributed by atoms with Gasteiger partial charge in [-0.3, -0.25) is 4.79 Å². The van der Waals surface area contributed by atoms with Crippen LogP contribution in [0.15, 0.2) is 18.3 Å². The Morgan fingerprint density at radius 1 is 1.56 bits per heavy atom. The number of nitrogens with one attached hydrogen (secondary N) is 2. The molecule has 0 aliphatic carbocycles. The molecule has 1 amide bonds. The number of aromatic nitrogens is 1. The van der Waals surface area contributed by atoms with E-state index in [4.69, 9.17) is 5.73 Å². The van der Waals surface area contributed by atoms with Gasteiger partial charge in [-0.25, -0.2) is 4.98 Å². The van der Waals surface area contributed by atoms with Crippen molar-refractivity contribution in [3.05, 3.63) is 18.3 Å². The summed E-state index contributed by atoms with van der Waals surface area (Å²) < 4.78 is 0. The Labute approximate surface area is 95.4 Å². The Morgan fingerprint density at radius 2 is 2.31 bits per heavy atom. The minimum atomic E-state index is -0.241. The van der Waals surface area contributed by atoms with E-state index in [1.54, 1.807) is 12.3 Å². The van der Waals surface area contributed by atoms with Gasteiger partial charge >= 0.3 is 0 Å². The normalized spacial score (nSPS) is 11.9. The molecule has 0 aromatic carbocycles. The highest BCUT2D eigenvalue weighted by Crippen LogP contribution is 2.11. The lowest BCUT2D eigenvalue weighted by molar-refractivity contribution is -0.114. The Balaban J connectivity index is 2.57. The lowest BCUT2D eigenvalue weighted by Crippen LogP contribution is -2.22. The molecule has 0 fully saturated rings. The number of rotatable bonds is 5. The van der Waals surface area contributed by atoms with Crippen molar-refractivity contribution < 1.29 is 4.79 Å². The smallest absolute Gasteiger partial charge is 0.239 e. The lowest BCUT2D eigenvalue weighted by atomic mass is 10.2. The molecule has 0 bridgehead atoms. The zero-order valence-electron chi connectivity index (χ0n) is 9.66. The predicted molar refractivity (Wildman–Crippen MR) is 65.3 cm³/mol. The maximum absolute atomic E-state index is 11.0. The fourth-order valence-electron chi connectivity index (χ4n) is 1.13. The van der Waals surface area contributed by atoms with Gasteiger partial charge in [0, 0.05) is 6.04 Å². The van der Waals surface area contributed by atoms with Gasteiger partial charge in [0.1, 0.15) is 5.82 Å². The number of hydrogen-bond donors (Lipinski definition) is 3. The second kappa shape index (κ2) is 6.07. The average molecular weight is 222 g/mol. The summed E-state index contributed by atoms with van der Waals surface area (Å²) in [6.07, 6.45) is 2.74. The fourth-order valence-corrected chi connectivity index (χ4v) is 1.13. The summed E-state index contributed by atoms with van der Waals surface area (Å²) in [4.78, 5) is 15.1. The quantitative estimate of drug-likeness (QED) is 0.699.